The van der Waals surface area contributed by atoms with E-state index in [1.807, 2.05) is 6.07 Å². The molecule has 2 aromatic rings. The first-order chi connectivity index (χ1) is 18.0. The molecule has 3 amide bonds. The minimum Gasteiger partial charge on any atom is -0.359 e. The number of benzene rings is 2. The molecule has 0 aliphatic carbocycles. The molecule has 7 nitrogen and oxygen atoms in total. The summed E-state index contributed by atoms with van der Waals surface area (Å²) >= 11 is 1.51. The van der Waals surface area contributed by atoms with Crippen LogP contribution in [-0.2, 0) is 21.8 Å². The van der Waals surface area contributed by atoms with Crippen molar-refractivity contribution < 1.29 is 19.2 Å². The number of nitrogens with zero attached hydrogens (tertiary/aromatic N) is 2. The third kappa shape index (κ3) is 6.67. The van der Waals surface area contributed by atoms with Gasteiger partial charge in [0.1, 0.15) is 6.29 Å². The first-order valence-electron chi connectivity index (χ1n) is 13.1. The lowest BCUT2D eigenvalue weighted by atomic mass is 10.1. The molecular weight excluding hydrogens is 486 g/mol. The molecule has 4 rings (SSSR count). The van der Waals surface area contributed by atoms with E-state index in [1.165, 1.54) is 63.1 Å². The number of rotatable bonds is 12. The molecule has 0 saturated carbocycles. The Kier molecular flexibility index (Phi) is 9.52. The van der Waals surface area contributed by atoms with Crippen molar-refractivity contribution in [3.05, 3.63) is 64.7 Å². The average Bonchev–Trinajstić information content (AvgIpc) is 3.19. The fourth-order valence-electron chi connectivity index (χ4n) is 5.01. The Morgan fingerprint density at radius 3 is 2.46 bits per heavy atom. The normalized spacial score (nSPS) is 16.5. The van der Waals surface area contributed by atoms with Crippen molar-refractivity contribution in [3.63, 3.8) is 0 Å². The van der Waals surface area contributed by atoms with Crippen LogP contribution in [-0.4, -0.2) is 66.5 Å². The van der Waals surface area contributed by atoms with Crippen molar-refractivity contribution in [2.45, 2.75) is 61.6 Å². The van der Waals surface area contributed by atoms with Crippen LogP contribution in [0.1, 0.15) is 70.4 Å². The van der Waals surface area contributed by atoms with E-state index in [0.29, 0.717) is 23.2 Å². The van der Waals surface area contributed by atoms with Gasteiger partial charge in [0.15, 0.2) is 0 Å². The number of thioether (sulfide) groups is 1. The lowest BCUT2D eigenvalue weighted by Gasteiger charge is -2.26. The Hall–Kier alpha value is -2.97. The highest BCUT2D eigenvalue weighted by molar-refractivity contribution is 7.98. The number of nitrogens with one attached hydrogen (secondary N) is 1. The molecule has 2 heterocycles. The van der Waals surface area contributed by atoms with Gasteiger partial charge in [-0.2, -0.15) is 0 Å². The summed E-state index contributed by atoms with van der Waals surface area (Å²) in [6.45, 7) is 3.63. The molecule has 196 valence electrons. The highest BCUT2D eigenvalue weighted by Crippen LogP contribution is 2.35. The summed E-state index contributed by atoms with van der Waals surface area (Å²) in [7, 11) is 1.51. The first-order valence-corrected chi connectivity index (χ1v) is 14.1. The monoisotopic (exact) mass is 521 g/mol. The van der Waals surface area contributed by atoms with E-state index in [4.69, 9.17) is 0 Å². The summed E-state index contributed by atoms with van der Waals surface area (Å²) in [5, 5.41) is 2.49. The van der Waals surface area contributed by atoms with Crippen molar-refractivity contribution in [3.8, 4) is 0 Å². The number of hydrogen-bond donors (Lipinski definition) is 1. The summed E-state index contributed by atoms with van der Waals surface area (Å²) in [6, 6.07) is 12.9. The predicted molar refractivity (Wildman–Crippen MR) is 145 cm³/mol. The number of hydrogen-bond acceptors (Lipinski definition) is 6. The van der Waals surface area contributed by atoms with Crippen molar-refractivity contribution in [1.29, 1.82) is 0 Å². The molecule has 37 heavy (non-hydrogen) atoms. The van der Waals surface area contributed by atoms with Crippen LogP contribution in [0.15, 0.2) is 47.4 Å². The highest BCUT2D eigenvalue weighted by atomic mass is 32.2. The predicted octanol–water partition coefficient (Wildman–Crippen LogP) is 4.09. The van der Waals surface area contributed by atoms with Crippen LogP contribution in [0.5, 0.6) is 0 Å². The Labute approximate surface area is 223 Å². The molecule has 1 fully saturated rings. The molecule has 8 heteroatoms. The largest absolute Gasteiger partial charge is 0.359 e. The van der Waals surface area contributed by atoms with Crippen LogP contribution in [0.25, 0.3) is 0 Å². The van der Waals surface area contributed by atoms with Crippen LogP contribution in [0.4, 0.5) is 0 Å². The van der Waals surface area contributed by atoms with Gasteiger partial charge in [0.25, 0.3) is 11.8 Å². The van der Waals surface area contributed by atoms with E-state index in [1.54, 1.807) is 12.1 Å². The van der Waals surface area contributed by atoms with Gasteiger partial charge in [-0.25, -0.2) is 0 Å². The molecule has 0 bridgehead atoms. The molecular formula is C29H35N3O4S. The second-order valence-electron chi connectivity index (χ2n) is 9.69. The van der Waals surface area contributed by atoms with E-state index < -0.39 is 17.9 Å². The number of amides is 3. The molecule has 0 spiro atoms. The lowest BCUT2D eigenvalue weighted by molar-refractivity contribution is -0.121. The molecule has 2 aromatic carbocycles. The van der Waals surface area contributed by atoms with Gasteiger partial charge >= 0.3 is 0 Å². The average molecular weight is 522 g/mol. The molecule has 1 saturated heterocycles. The maximum absolute atomic E-state index is 13.2. The van der Waals surface area contributed by atoms with Gasteiger partial charge in [0.05, 0.1) is 17.2 Å². The summed E-state index contributed by atoms with van der Waals surface area (Å²) in [4.78, 5) is 53.9. The third-order valence-electron chi connectivity index (χ3n) is 7.15. The third-order valence-corrected chi connectivity index (χ3v) is 8.28. The van der Waals surface area contributed by atoms with Crippen LogP contribution in [0.3, 0.4) is 0 Å². The van der Waals surface area contributed by atoms with Crippen LogP contribution < -0.4 is 5.32 Å². The SMILES string of the molecule is CNC(=O)CCC(C=O)N1C(=O)c2cccc(SCc3ccc(CCCN4CCCCC4)cc3)c2C1=O. The Morgan fingerprint density at radius 2 is 1.76 bits per heavy atom. The minimum absolute atomic E-state index is 0.0587. The fraction of sp³-hybridized carbons (Fsp3) is 0.448. The van der Waals surface area contributed by atoms with E-state index in [9.17, 15) is 19.2 Å². The standard InChI is InChI=1S/C29H35N3O4S/c1-30-26(34)15-14-23(19-33)32-28(35)24-8-5-9-25(27(24)29(32)36)37-20-22-12-10-21(11-13-22)7-6-18-31-16-3-2-4-17-31/h5,8-13,19,23H,2-4,6-7,14-18,20H2,1H3,(H,30,34). The lowest BCUT2D eigenvalue weighted by Crippen LogP contribution is -2.41. The Balaban J connectivity index is 1.35. The molecule has 1 atom stereocenters. The number of aldehydes is 1. The van der Waals surface area contributed by atoms with Crippen LogP contribution >= 0.6 is 11.8 Å². The molecule has 2 aliphatic rings. The first kappa shape index (κ1) is 27.1. The smallest absolute Gasteiger partial charge is 0.263 e. The number of imide groups is 1. The van der Waals surface area contributed by atoms with Gasteiger partial charge in [-0.1, -0.05) is 36.8 Å². The van der Waals surface area contributed by atoms with Crippen LogP contribution in [0.2, 0.25) is 0 Å². The van der Waals surface area contributed by atoms with E-state index in [2.05, 4.69) is 34.5 Å². The molecule has 1 N–H and O–H groups in total. The minimum atomic E-state index is -0.968. The maximum Gasteiger partial charge on any atom is 0.263 e. The second-order valence-corrected chi connectivity index (χ2v) is 10.7. The quantitative estimate of drug-likeness (QED) is 0.257. The highest BCUT2D eigenvalue weighted by Gasteiger charge is 2.41. The van der Waals surface area contributed by atoms with E-state index >= 15 is 0 Å². The number of aryl methyl sites for hydroxylation is 1. The molecule has 2 aliphatic heterocycles. The zero-order valence-electron chi connectivity index (χ0n) is 21.4. The zero-order valence-corrected chi connectivity index (χ0v) is 22.2. The Morgan fingerprint density at radius 1 is 1.03 bits per heavy atom. The van der Waals surface area contributed by atoms with Gasteiger partial charge in [0, 0.05) is 24.1 Å². The van der Waals surface area contributed by atoms with Crippen LogP contribution in [0, 0.1) is 0 Å². The number of piperidine rings is 1. The molecule has 0 aromatic heterocycles. The van der Waals surface area contributed by atoms with Gasteiger partial charge in [-0.3, -0.25) is 19.3 Å². The summed E-state index contributed by atoms with van der Waals surface area (Å²) < 4.78 is 0. The maximum atomic E-state index is 13.2. The van der Waals surface area contributed by atoms with Gasteiger partial charge < -0.3 is 15.0 Å². The van der Waals surface area contributed by atoms with Crippen molar-refractivity contribution in [1.82, 2.24) is 15.1 Å². The summed E-state index contributed by atoms with van der Waals surface area (Å²) in [6.07, 6.45) is 6.98. The summed E-state index contributed by atoms with van der Waals surface area (Å²) in [5.74, 6) is -0.529. The van der Waals surface area contributed by atoms with Crippen molar-refractivity contribution in [2.24, 2.45) is 0 Å². The number of fused-ring (bicyclic) bond motifs is 1. The molecule has 1 unspecified atom stereocenters. The fourth-order valence-corrected chi connectivity index (χ4v) is 6.04. The van der Waals surface area contributed by atoms with Gasteiger partial charge in [-0.15, -0.1) is 11.8 Å². The van der Waals surface area contributed by atoms with Crippen molar-refractivity contribution in [2.75, 3.05) is 26.7 Å². The number of carbonyl (C=O) groups excluding carboxylic acids is 4. The van der Waals surface area contributed by atoms with E-state index in [0.717, 1.165) is 28.3 Å². The number of carbonyl (C=O) groups is 4. The van der Waals surface area contributed by atoms with E-state index in [-0.39, 0.29) is 18.7 Å². The summed E-state index contributed by atoms with van der Waals surface area (Å²) in [5.41, 5.74) is 3.14. The number of likely N-dealkylation sites (tertiary alicyclic amines) is 1. The topological polar surface area (TPSA) is 86.8 Å². The van der Waals surface area contributed by atoms with Gasteiger partial charge in [-0.05, 0) is 75.0 Å². The zero-order chi connectivity index (χ0) is 26.2. The van der Waals surface area contributed by atoms with Gasteiger partial charge in [0.2, 0.25) is 5.91 Å². The Bertz CT molecular complexity index is 1130. The van der Waals surface area contributed by atoms with Crippen molar-refractivity contribution >= 4 is 35.8 Å². The molecule has 0 radical (unpaired) electrons. The second kappa shape index (κ2) is 13.0.